The van der Waals surface area contributed by atoms with Crippen molar-refractivity contribution in [2.45, 2.75) is 57.7 Å². The lowest BCUT2D eigenvalue weighted by atomic mass is 9.75. The van der Waals surface area contributed by atoms with E-state index >= 15 is 0 Å². The predicted octanol–water partition coefficient (Wildman–Crippen LogP) is 3.04. The van der Waals surface area contributed by atoms with Gasteiger partial charge in [0.15, 0.2) is 0 Å². The summed E-state index contributed by atoms with van der Waals surface area (Å²) >= 11 is 0. The Balaban J connectivity index is 1.32. The van der Waals surface area contributed by atoms with E-state index in [0.717, 1.165) is 18.6 Å². The molecule has 3 aliphatic rings. The summed E-state index contributed by atoms with van der Waals surface area (Å²) in [6, 6.07) is 8.11. The minimum Gasteiger partial charge on any atom is -0.378 e. The van der Waals surface area contributed by atoms with Gasteiger partial charge in [-0.25, -0.2) is 0 Å². The number of hydrogen-bond acceptors (Lipinski definition) is 3. The average Bonchev–Trinajstić information content (AvgIpc) is 2.90. The van der Waals surface area contributed by atoms with E-state index in [2.05, 4.69) is 42.3 Å². The highest BCUT2D eigenvalue weighted by Crippen LogP contribution is 2.39. The fourth-order valence-corrected chi connectivity index (χ4v) is 4.46. The lowest BCUT2D eigenvalue weighted by Gasteiger charge is -2.44. The lowest BCUT2D eigenvalue weighted by Crippen LogP contribution is -2.56. The molecule has 2 aliphatic heterocycles. The molecule has 2 heterocycles. The Bertz CT molecular complexity index is 536. The van der Waals surface area contributed by atoms with Crippen LogP contribution in [-0.2, 0) is 4.74 Å². The second-order valence-electron chi connectivity index (χ2n) is 7.35. The van der Waals surface area contributed by atoms with Crippen molar-refractivity contribution in [3.8, 4) is 0 Å². The standard InChI is InChI=1S/C19H28N2O/c1-13-4-3-5-18(14(13)2)21-9-6-15(7-10-21)20-17-12-19-16(17)8-11-22-19/h3-5,15-17,19-20H,6-12H2,1-2H3/t16-,17-,19+/m1/s1. The van der Waals surface area contributed by atoms with E-state index in [4.69, 9.17) is 4.74 Å². The molecule has 3 atom stereocenters. The van der Waals surface area contributed by atoms with E-state index < -0.39 is 0 Å². The molecule has 1 aliphatic carbocycles. The highest BCUT2D eigenvalue weighted by molar-refractivity contribution is 5.56. The summed E-state index contributed by atoms with van der Waals surface area (Å²) < 4.78 is 5.72. The van der Waals surface area contributed by atoms with Gasteiger partial charge in [0.25, 0.3) is 0 Å². The molecule has 22 heavy (non-hydrogen) atoms. The van der Waals surface area contributed by atoms with Gasteiger partial charge in [0.1, 0.15) is 0 Å². The third-order valence-corrected chi connectivity index (χ3v) is 6.13. The number of anilines is 1. The molecule has 0 unspecified atom stereocenters. The van der Waals surface area contributed by atoms with Gasteiger partial charge < -0.3 is 15.0 Å². The Hall–Kier alpha value is -1.06. The Morgan fingerprint density at radius 1 is 1.14 bits per heavy atom. The number of benzene rings is 1. The van der Waals surface area contributed by atoms with Crippen LogP contribution >= 0.6 is 0 Å². The Kier molecular flexibility index (Phi) is 3.87. The van der Waals surface area contributed by atoms with Crippen LogP contribution in [0.1, 0.15) is 36.8 Å². The molecule has 1 saturated carbocycles. The molecule has 1 aromatic rings. The van der Waals surface area contributed by atoms with Crippen LogP contribution in [0.3, 0.4) is 0 Å². The van der Waals surface area contributed by atoms with Crippen LogP contribution in [0.25, 0.3) is 0 Å². The van der Waals surface area contributed by atoms with E-state index in [1.54, 1.807) is 0 Å². The highest BCUT2D eigenvalue weighted by atomic mass is 16.5. The number of ether oxygens (including phenoxy) is 1. The van der Waals surface area contributed by atoms with Gasteiger partial charge in [0.2, 0.25) is 0 Å². The quantitative estimate of drug-likeness (QED) is 0.928. The van der Waals surface area contributed by atoms with Gasteiger partial charge in [-0.05, 0) is 56.7 Å². The van der Waals surface area contributed by atoms with Gasteiger partial charge in [0.05, 0.1) is 6.10 Å². The maximum absolute atomic E-state index is 5.72. The molecule has 3 fully saturated rings. The molecular weight excluding hydrogens is 272 g/mol. The second kappa shape index (κ2) is 5.86. The maximum Gasteiger partial charge on any atom is 0.0633 e. The molecular formula is C19H28N2O. The Morgan fingerprint density at radius 3 is 2.73 bits per heavy atom. The average molecular weight is 300 g/mol. The number of piperidine rings is 1. The monoisotopic (exact) mass is 300 g/mol. The van der Waals surface area contributed by atoms with Gasteiger partial charge in [0, 0.05) is 43.4 Å². The molecule has 0 amide bonds. The third-order valence-electron chi connectivity index (χ3n) is 6.13. The number of nitrogens with zero attached hydrogens (tertiary/aromatic N) is 1. The Labute approximate surface area is 134 Å². The van der Waals surface area contributed by atoms with E-state index in [1.165, 1.54) is 55.6 Å². The molecule has 0 aromatic heterocycles. The van der Waals surface area contributed by atoms with Crippen molar-refractivity contribution in [1.29, 1.82) is 0 Å². The first-order valence-corrected chi connectivity index (χ1v) is 8.91. The van der Waals surface area contributed by atoms with Crippen LogP contribution in [-0.4, -0.2) is 37.9 Å². The van der Waals surface area contributed by atoms with Crippen LogP contribution < -0.4 is 10.2 Å². The molecule has 3 heteroatoms. The number of aryl methyl sites for hydroxylation is 1. The fourth-order valence-electron chi connectivity index (χ4n) is 4.46. The van der Waals surface area contributed by atoms with Crippen molar-refractivity contribution in [2.24, 2.45) is 5.92 Å². The Morgan fingerprint density at radius 2 is 1.95 bits per heavy atom. The van der Waals surface area contributed by atoms with Gasteiger partial charge in [-0.1, -0.05) is 12.1 Å². The van der Waals surface area contributed by atoms with Crippen LogP contribution in [0.15, 0.2) is 18.2 Å². The van der Waals surface area contributed by atoms with E-state index in [1.807, 2.05) is 0 Å². The smallest absolute Gasteiger partial charge is 0.0633 e. The molecule has 1 aromatic carbocycles. The van der Waals surface area contributed by atoms with E-state index in [9.17, 15) is 0 Å². The zero-order valence-corrected chi connectivity index (χ0v) is 13.8. The fraction of sp³-hybridized carbons (Fsp3) is 0.684. The van der Waals surface area contributed by atoms with Crippen molar-refractivity contribution in [3.05, 3.63) is 29.3 Å². The van der Waals surface area contributed by atoms with Gasteiger partial charge in [-0.15, -0.1) is 0 Å². The molecule has 4 rings (SSSR count). The van der Waals surface area contributed by atoms with Crippen molar-refractivity contribution >= 4 is 5.69 Å². The minimum atomic E-state index is 0.576. The summed E-state index contributed by atoms with van der Waals surface area (Å²) in [6.07, 6.45) is 5.61. The zero-order chi connectivity index (χ0) is 15.1. The largest absolute Gasteiger partial charge is 0.378 e. The van der Waals surface area contributed by atoms with Gasteiger partial charge in [-0.2, -0.15) is 0 Å². The summed E-state index contributed by atoms with van der Waals surface area (Å²) in [5, 5.41) is 3.92. The van der Waals surface area contributed by atoms with Gasteiger partial charge in [-0.3, -0.25) is 0 Å². The SMILES string of the molecule is Cc1cccc(N2CCC(N[C@@H]3C[C@@H]4OCC[C@@H]43)CC2)c1C. The number of hydrogen-bond donors (Lipinski definition) is 1. The van der Waals surface area contributed by atoms with E-state index in [-0.39, 0.29) is 0 Å². The van der Waals surface area contributed by atoms with Crippen LogP contribution in [0.2, 0.25) is 0 Å². The number of fused-ring (bicyclic) bond motifs is 1. The minimum absolute atomic E-state index is 0.576. The molecule has 2 saturated heterocycles. The molecule has 0 bridgehead atoms. The van der Waals surface area contributed by atoms with Crippen LogP contribution in [0.4, 0.5) is 5.69 Å². The summed E-state index contributed by atoms with van der Waals surface area (Å²) in [5.74, 6) is 0.803. The summed E-state index contributed by atoms with van der Waals surface area (Å²) in [6.45, 7) is 7.81. The number of nitrogens with one attached hydrogen (secondary N) is 1. The summed E-state index contributed by atoms with van der Waals surface area (Å²) in [5.41, 5.74) is 4.28. The van der Waals surface area contributed by atoms with E-state index in [0.29, 0.717) is 12.1 Å². The highest BCUT2D eigenvalue weighted by Gasteiger charge is 2.45. The first-order chi connectivity index (χ1) is 10.7. The normalized spacial score (nSPS) is 31.9. The second-order valence-corrected chi connectivity index (χ2v) is 7.35. The summed E-state index contributed by atoms with van der Waals surface area (Å²) in [4.78, 5) is 2.57. The van der Waals surface area contributed by atoms with Crippen molar-refractivity contribution in [1.82, 2.24) is 5.32 Å². The predicted molar refractivity (Wildman–Crippen MR) is 90.5 cm³/mol. The number of rotatable bonds is 3. The van der Waals surface area contributed by atoms with Gasteiger partial charge >= 0.3 is 0 Å². The maximum atomic E-state index is 5.72. The molecule has 3 nitrogen and oxygen atoms in total. The lowest BCUT2D eigenvalue weighted by molar-refractivity contribution is 0.00282. The molecule has 120 valence electrons. The van der Waals surface area contributed by atoms with Crippen molar-refractivity contribution < 1.29 is 4.74 Å². The topological polar surface area (TPSA) is 24.5 Å². The van der Waals surface area contributed by atoms with Crippen molar-refractivity contribution in [2.75, 3.05) is 24.6 Å². The molecule has 0 spiro atoms. The molecule has 1 N–H and O–H groups in total. The zero-order valence-electron chi connectivity index (χ0n) is 13.8. The summed E-state index contributed by atoms with van der Waals surface area (Å²) in [7, 11) is 0. The third kappa shape index (κ3) is 2.55. The first kappa shape index (κ1) is 14.5. The van der Waals surface area contributed by atoms with Crippen LogP contribution in [0.5, 0.6) is 0 Å². The van der Waals surface area contributed by atoms with Crippen molar-refractivity contribution in [3.63, 3.8) is 0 Å². The van der Waals surface area contributed by atoms with Crippen LogP contribution in [0, 0.1) is 19.8 Å². The molecule has 0 radical (unpaired) electrons. The first-order valence-electron chi connectivity index (χ1n) is 8.91.